The Bertz CT molecular complexity index is 1290. The third-order valence-corrected chi connectivity index (χ3v) is 7.35. The minimum Gasteiger partial charge on any atom is -0.326 e. The molecule has 0 bridgehead atoms. The number of carbonyl (C=O) groups is 2. The zero-order valence-corrected chi connectivity index (χ0v) is 20.6. The molecule has 0 saturated heterocycles. The maximum Gasteiger partial charge on any atom is 0.231 e. The lowest BCUT2D eigenvalue weighted by atomic mass is 10.0. The highest BCUT2D eigenvalue weighted by Gasteiger charge is 2.67. The number of anilines is 1. The first-order valence-corrected chi connectivity index (χ1v) is 11.8. The van der Waals surface area contributed by atoms with Crippen LogP contribution in [0.25, 0.3) is 6.08 Å². The Kier molecular flexibility index (Phi) is 7.07. The van der Waals surface area contributed by atoms with Gasteiger partial charge in [-0.3, -0.25) is 9.59 Å². The van der Waals surface area contributed by atoms with E-state index in [0.29, 0.717) is 16.3 Å². The van der Waals surface area contributed by atoms with Crippen LogP contribution in [-0.2, 0) is 11.2 Å². The number of rotatable bonds is 7. The van der Waals surface area contributed by atoms with E-state index in [2.05, 4.69) is 11.9 Å². The number of nitrogens with one attached hydrogen (secondary N) is 1. The summed E-state index contributed by atoms with van der Waals surface area (Å²) in [6.07, 6.45) is 1.67. The molecule has 0 radical (unpaired) electrons. The molecule has 0 heterocycles. The molecule has 2 unspecified atom stereocenters. The number of hydrogen-bond acceptors (Lipinski definition) is 2. The van der Waals surface area contributed by atoms with E-state index in [0.717, 1.165) is 11.1 Å². The van der Waals surface area contributed by atoms with Gasteiger partial charge in [-0.2, -0.15) is 0 Å². The smallest absolute Gasteiger partial charge is 0.231 e. The van der Waals surface area contributed by atoms with E-state index in [9.17, 15) is 14.0 Å². The van der Waals surface area contributed by atoms with Crippen molar-refractivity contribution in [2.45, 2.75) is 16.7 Å². The average molecular weight is 537 g/mol. The highest BCUT2D eigenvalue weighted by Crippen LogP contribution is 2.65. The van der Waals surface area contributed by atoms with Crippen LogP contribution in [-0.4, -0.2) is 16.0 Å². The van der Waals surface area contributed by atoms with Gasteiger partial charge in [-0.25, -0.2) is 4.39 Å². The van der Waals surface area contributed by atoms with Crippen molar-refractivity contribution in [3.8, 4) is 0 Å². The van der Waals surface area contributed by atoms with Crippen LogP contribution in [0.5, 0.6) is 0 Å². The Hall–Kier alpha value is -2.37. The summed E-state index contributed by atoms with van der Waals surface area (Å²) in [6, 6.07) is 15.6. The number of carbonyl (C=O) groups excluding carboxylic acids is 2. The molecule has 8 heteroatoms. The van der Waals surface area contributed by atoms with E-state index in [1.165, 1.54) is 36.4 Å². The van der Waals surface area contributed by atoms with Crippen LogP contribution in [0.3, 0.4) is 0 Å². The Morgan fingerprint density at radius 2 is 1.71 bits per heavy atom. The van der Waals surface area contributed by atoms with Crippen molar-refractivity contribution in [1.82, 2.24) is 0 Å². The van der Waals surface area contributed by atoms with Crippen LogP contribution < -0.4 is 5.32 Å². The summed E-state index contributed by atoms with van der Waals surface area (Å²) in [5, 5.41) is 3.51. The van der Waals surface area contributed by atoms with Crippen LogP contribution in [0, 0.1) is 11.7 Å². The van der Waals surface area contributed by atoms with Gasteiger partial charge in [0.1, 0.15) is 10.2 Å². The molecule has 0 aromatic heterocycles. The van der Waals surface area contributed by atoms with Gasteiger partial charge in [0.2, 0.25) is 5.91 Å². The third-order valence-electron chi connectivity index (χ3n) is 5.75. The van der Waals surface area contributed by atoms with E-state index >= 15 is 0 Å². The van der Waals surface area contributed by atoms with E-state index < -0.39 is 22.1 Å². The topological polar surface area (TPSA) is 46.2 Å². The lowest BCUT2D eigenvalue weighted by Gasteiger charge is -2.09. The van der Waals surface area contributed by atoms with E-state index in [1.54, 1.807) is 24.3 Å². The Morgan fingerprint density at radius 3 is 2.35 bits per heavy atom. The summed E-state index contributed by atoms with van der Waals surface area (Å²) in [5.41, 5.74) is 2.78. The molecule has 1 saturated carbocycles. The molecular weight excluding hydrogens is 519 g/mol. The second-order valence-corrected chi connectivity index (χ2v) is 10.3. The number of halogens is 5. The fourth-order valence-corrected chi connectivity index (χ4v) is 5.21. The molecule has 3 aromatic rings. The van der Waals surface area contributed by atoms with Gasteiger partial charge in [-0.05, 0) is 53.1 Å². The van der Waals surface area contributed by atoms with Crippen molar-refractivity contribution in [3.63, 3.8) is 0 Å². The predicted octanol–water partition coefficient (Wildman–Crippen LogP) is 7.73. The minimum atomic E-state index is -1.29. The summed E-state index contributed by atoms with van der Waals surface area (Å²) in [4.78, 5) is 25.8. The number of hydrogen-bond donors (Lipinski definition) is 1. The van der Waals surface area contributed by atoms with E-state index in [1.807, 2.05) is 6.07 Å². The molecule has 4 rings (SSSR count). The largest absolute Gasteiger partial charge is 0.326 e. The van der Waals surface area contributed by atoms with Gasteiger partial charge in [-0.1, -0.05) is 60.1 Å². The van der Waals surface area contributed by atoms with Crippen molar-refractivity contribution in [2.75, 3.05) is 5.32 Å². The maximum atomic E-state index is 13.1. The third kappa shape index (κ3) is 5.01. The first kappa shape index (κ1) is 24.7. The normalized spacial score (nSPS) is 18.3. The molecule has 174 valence electrons. The van der Waals surface area contributed by atoms with Crippen LogP contribution in [0.1, 0.15) is 33.0 Å². The lowest BCUT2D eigenvalue weighted by molar-refractivity contribution is -0.117. The quantitative estimate of drug-likeness (QED) is 0.248. The zero-order chi connectivity index (χ0) is 24.6. The number of ketones is 1. The lowest BCUT2D eigenvalue weighted by Crippen LogP contribution is -2.17. The monoisotopic (exact) mass is 535 g/mol. The van der Waals surface area contributed by atoms with E-state index in [-0.39, 0.29) is 28.6 Å². The minimum absolute atomic E-state index is 0.0377. The number of alkyl halides is 2. The SMILES string of the molecule is C=Cc1ccc(C2C(C(=O)Nc3ccc(Cl)c(C(=O)Cc4ccc(F)cc4)c3)C2(Cl)Cl)cc1Cl. The predicted molar refractivity (Wildman–Crippen MR) is 137 cm³/mol. The summed E-state index contributed by atoms with van der Waals surface area (Å²) in [5.74, 6) is -2.20. The van der Waals surface area contributed by atoms with Crippen LogP contribution in [0.2, 0.25) is 10.0 Å². The van der Waals surface area contributed by atoms with Gasteiger partial charge < -0.3 is 5.32 Å². The maximum absolute atomic E-state index is 13.1. The average Bonchev–Trinajstić information content (AvgIpc) is 3.38. The van der Waals surface area contributed by atoms with Gasteiger partial charge in [0.15, 0.2) is 5.78 Å². The van der Waals surface area contributed by atoms with Crippen molar-refractivity contribution in [2.24, 2.45) is 5.92 Å². The summed E-state index contributed by atoms with van der Waals surface area (Å²) >= 11 is 25.4. The first-order chi connectivity index (χ1) is 16.1. The molecule has 3 nitrogen and oxygen atoms in total. The summed E-state index contributed by atoms with van der Waals surface area (Å²) < 4.78 is 11.8. The van der Waals surface area contributed by atoms with Crippen molar-refractivity contribution in [3.05, 3.63) is 105 Å². The second-order valence-electron chi connectivity index (χ2n) is 8.03. The van der Waals surface area contributed by atoms with Crippen molar-refractivity contribution in [1.29, 1.82) is 0 Å². The molecule has 1 amide bonds. The Morgan fingerprint density at radius 1 is 1.00 bits per heavy atom. The first-order valence-electron chi connectivity index (χ1n) is 10.3. The van der Waals surface area contributed by atoms with Crippen LogP contribution >= 0.6 is 46.4 Å². The van der Waals surface area contributed by atoms with Crippen molar-refractivity contribution < 1.29 is 14.0 Å². The molecule has 3 aromatic carbocycles. The number of amides is 1. The molecular formula is C26H18Cl4FNO2. The standard InChI is InChI=1S/C26H18Cl4FNO2/c1-2-15-5-6-16(12-21(15)28)23-24(26(23,29)30)25(34)32-18-9-10-20(27)19(13-18)22(33)11-14-3-7-17(31)8-4-14/h2-10,12-13,23-24H,1,11H2,(H,32,34). The molecule has 0 spiro atoms. The van der Waals surface area contributed by atoms with E-state index in [4.69, 9.17) is 46.4 Å². The van der Waals surface area contributed by atoms with Crippen molar-refractivity contribution >= 4 is 69.9 Å². The van der Waals surface area contributed by atoms with Gasteiger partial charge in [0.25, 0.3) is 0 Å². The van der Waals surface area contributed by atoms with Crippen LogP contribution in [0.4, 0.5) is 10.1 Å². The molecule has 1 N–H and O–H groups in total. The molecule has 0 aliphatic heterocycles. The molecule has 1 aliphatic carbocycles. The summed E-state index contributed by atoms with van der Waals surface area (Å²) in [7, 11) is 0. The fourth-order valence-electron chi connectivity index (χ4n) is 3.89. The Labute approximate surface area is 216 Å². The molecule has 1 aliphatic rings. The van der Waals surface area contributed by atoms with Gasteiger partial charge >= 0.3 is 0 Å². The summed E-state index contributed by atoms with van der Waals surface area (Å²) in [6.45, 7) is 3.70. The van der Waals surface area contributed by atoms with Crippen LogP contribution in [0.15, 0.2) is 67.2 Å². The Balaban J connectivity index is 1.50. The highest BCUT2D eigenvalue weighted by molar-refractivity contribution is 6.53. The van der Waals surface area contributed by atoms with Gasteiger partial charge in [-0.15, -0.1) is 23.2 Å². The zero-order valence-electron chi connectivity index (χ0n) is 17.6. The number of Topliss-reactive ketones (excluding diaryl/α,β-unsaturated/α-hetero) is 1. The second kappa shape index (κ2) is 9.71. The molecule has 1 fully saturated rings. The highest BCUT2D eigenvalue weighted by atomic mass is 35.5. The van der Waals surface area contributed by atoms with Gasteiger partial charge in [0, 0.05) is 28.6 Å². The van der Waals surface area contributed by atoms with Gasteiger partial charge in [0.05, 0.1) is 10.9 Å². The molecule has 34 heavy (non-hydrogen) atoms. The number of benzene rings is 3. The fraction of sp³-hybridized carbons (Fsp3) is 0.154. The molecule has 2 atom stereocenters.